The van der Waals surface area contributed by atoms with Crippen LogP contribution in [0.3, 0.4) is 0 Å². The van der Waals surface area contributed by atoms with Gasteiger partial charge in [-0.15, -0.1) is 0 Å². The molecule has 4 heteroatoms. The number of carbonyl (C=O) groups is 2. The summed E-state index contributed by atoms with van der Waals surface area (Å²) >= 11 is 0. The maximum Gasteiger partial charge on any atom is 0.159 e. The number of hydrogen-bond acceptors (Lipinski definition) is 4. The van der Waals surface area contributed by atoms with E-state index in [0.29, 0.717) is 35.6 Å². The Balaban J connectivity index is 0.994. The van der Waals surface area contributed by atoms with Gasteiger partial charge in [0.25, 0.3) is 0 Å². The largest absolute Gasteiger partial charge is 0.378 e. The van der Waals surface area contributed by atoms with Crippen molar-refractivity contribution in [3.63, 3.8) is 0 Å². The Labute approximate surface area is 258 Å². The van der Waals surface area contributed by atoms with Gasteiger partial charge < -0.3 is 9.47 Å². The average Bonchev–Trinajstić information content (AvgIpc) is 3.05. The summed E-state index contributed by atoms with van der Waals surface area (Å²) in [6.07, 6.45) is 28.8. The Kier molecular flexibility index (Phi) is 12.1. The van der Waals surface area contributed by atoms with Gasteiger partial charge in [0, 0.05) is 13.2 Å². The van der Waals surface area contributed by atoms with E-state index < -0.39 is 10.8 Å². The Morgan fingerprint density at radius 2 is 0.810 bits per heavy atom. The van der Waals surface area contributed by atoms with E-state index in [1.807, 2.05) is 0 Å². The molecule has 5 aliphatic rings. The van der Waals surface area contributed by atoms with Crippen molar-refractivity contribution >= 4 is 11.6 Å². The lowest BCUT2D eigenvalue weighted by molar-refractivity contribution is -0.179. The first kappa shape index (κ1) is 32.6. The Morgan fingerprint density at radius 1 is 0.476 bits per heavy atom. The zero-order valence-corrected chi connectivity index (χ0v) is 27.5. The molecule has 5 fully saturated rings. The highest BCUT2D eigenvalue weighted by atomic mass is 16.5. The van der Waals surface area contributed by atoms with Crippen LogP contribution in [0.5, 0.6) is 0 Å². The first-order chi connectivity index (χ1) is 20.5. The molecular formula is C38H64O4. The van der Waals surface area contributed by atoms with Crippen LogP contribution in [-0.4, -0.2) is 37.0 Å². The number of hydrogen-bond donors (Lipinski definition) is 0. The summed E-state index contributed by atoms with van der Waals surface area (Å²) in [5, 5.41) is 0. The molecule has 5 saturated carbocycles. The van der Waals surface area contributed by atoms with Gasteiger partial charge in [0.2, 0.25) is 0 Å². The van der Waals surface area contributed by atoms with Crippen molar-refractivity contribution < 1.29 is 19.1 Å². The normalized spacial score (nSPS) is 39.1. The molecule has 0 N–H and O–H groups in total. The van der Waals surface area contributed by atoms with E-state index in [1.54, 1.807) is 0 Å². The van der Waals surface area contributed by atoms with Crippen LogP contribution in [0.4, 0.5) is 0 Å². The van der Waals surface area contributed by atoms with E-state index in [4.69, 9.17) is 9.47 Å². The van der Waals surface area contributed by atoms with Crippen molar-refractivity contribution in [2.45, 2.75) is 180 Å². The van der Waals surface area contributed by atoms with Crippen molar-refractivity contribution in [1.82, 2.24) is 0 Å². The lowest BCUT2D eigenvalue weighted by Crippen LogP contribution is -2.68. The molecule has 0 heterocycles. The van der Waals surface area contributed by atoms with Crippen molar-refractivity contribution in [2.75, 3.05) is 13.2 Å². The summed E-state index contributed by atoms with van der Waals surface area (Å²) in [4.78, 5) is 27.7. The number of Topliss-reactive ketones (excluding diaryl/α,β-unsaturated/α-hetero) is 2. The number of rotatable bonds is 14. The van der Waals surface area contributed by atoms with Crippen LogP contribution in [0.15, 0.2) is 0 Å². The standard InChI is InChI=1S/C38H64O4/c1-3-5-7-9-27-41-33-15-11-29(12-16-33)31-19-23-37(24-20-31)35(39)38(36(37)40)25-21-32(22-26-38)30-13-17-34(18-14-30)42-28-10-8-6-4-2/h29-34H,3-28H2,1-2H3. The van der Waals surface area contributed by atoms with Gasteiger partial charge in [-0.05, 0) is 139 Å². The third-order valence-electron chi connectivity index (χ3n) is 13.0. The Morgan fingerprint density at radius 3 is 1.14 bits per heavy atom. The van der Waals surface area contributed by atoms with Gasteiger partial charge in [-0.25, -0.2) is 0 Å². The molecule has 2 spiro atoms. The van der Waals surface area contributed by atoms with Crippen molar-refractivity contribution in [3.05, 3.63) is 0 Å². The van der Waals surface area contributed by atoms with E-state index >= 15 is 0 Å². The molecule has 0 aromatic rings. The highest BCUT2D eigenvalue weighted by molar-refractivity contribution is 6.30. The van der Waals surface area contributed by atoms with Crippen LogP contribution >= 0.6 is 0 Å². The number of carbonyl (C=O) groups excluding carboxylic acids is 2. The van der Waals surface area contributed by atoms with Gasteiger partial charge in [-0.3, -0.25) is 9.59 Å². The Bertz CT molecular complexity index is 747. The molecule has 5 rings (SSSR count). The van der Waals surface area contributed by atoms with Gasteiger partial charge in [0.05, 0.1) is 23.0 Å². The zero-order valence-electron chi connectivity index (χ0n) is 27.5. The van der Waals surface area contributed by atoms with E-state index in [-0.39, 0.29) is 0 Å². The van der Waals surface area contributed by atoms with Crippen LogP contribution in [0.25, 0.3) is 0 Å². The summed E-state index contributed by atoms with van der Waals surface area (Å²) in [6, 6.07) is 0. The molecule has 0 aromatic carbocycles. The average molecular weight is 585 g/mol. The molecule has 5 aliphatic carbocycles. The molecule has 0 radical (unpaired) electrons. The molecule has 0 aromatic heterocycles. The fourth-order valence-electron chi connectivity index (χ4n) is 10.2. The van der Waals surface area contributed by atoms with Crippen LogP contribution < -0.4 is 0 Å². The van der Waals surface area contributed by atoms with Crippen LogP contribution in [-0.2, 0) is 19.1 Å². The molecule has 0 unspecified atom stereocenters. The fourth-order valence-corrected chi connectivity index (χ4v) is 10.2. The molecule has 240 valence electrons. The van der Waals surface area contributed by atoms with Gasteiger partial charge in [-0.2, -0.15) is 0 Å². The van der Waals surface area contributed by atoms with E-state index in [9.17, 15) is 9.59 Å². The molecule has 0 amide bonds. The van der Waals surface area contributed by atoms with Gasteiger partial charge >= 0.3 is 0 Å². The second-order valence-corrected chi connectivity index (χ2v) is 15.4. The molecule has 42 heavy (non-hydrogen) atoms. The van der Waals surface area contributed by atoms with E-state index in [1.165, 1.54) is 103 Å². The maximum atomic E-state index is 13.9. The second kappa shape index (κ2) is 15.5. The summed E-state index contributed by atoms with van der Waals surface area (Å²) in [6.45, 7) is 6.38. The first-order valence-electron chi connectivity index (χ1n) is 18.9. The summed E-state index contributed by atoms with van der Waals surface area (Å²) in [5.74, 6) is 3.72. The minimum absolute atomic E-state index is 0.372. The molecular weight excluding hydrogens is 520 g/mol. The molecule has 4 nitrogen and oxygen atoms in total. The fraction of sp³-hybridized carbons (Fsp3) is 0.947. The van der Waals surface area contributed by atoms with Crippen molar-refractivity contribution in [1.29, 1.82) is 0 Å². The zero-order chi connectivity index (χ0) is 29.4. The van der Waals surface area contributed by atoms with E-state index in [0.717, 1.165) is 76.4 Å². The smallest absolute Gasteiger partial charge is 0.159 e. The SMILES string of the molecule is CCCCCCOC1CCC(C2CCC3(CC2)C(=O)C2(CCC(C4CCC(OCCCCCC)CC4)CC2)C3=O)CC1. The van der Waals surface area contributed by atoms with Crippen molar-refractivity contribution in [3.8, 4) is 0 Å². The number of ether oxygens (including phenoxy) is 2. The summed E-state index contributed by atoms with van der Waals surface area (Å²) in [5.41, 5.74) is -1.18. The summed E-state index contributed by atoms with van der Waals surface area (Å²) < 4.78 is 12.4. The lowest BCUT2D eigenvalue weighted by atomic mass is 9.41. The van der Waals surface area contributed by atoms with Gasteiger partial charge in [-0.1, -0.05) is 52.4 Å². The number of ketones is 2. The predicted octanol–water partition coefficient (Wildman–Crippen LogP) is 9.80. The predicted molar refractivity (Wildman–Crippen MR) is 170 cm³/mol. The van der Waals surface area contributed by atoms with Crippen LogP contribution in [0, 0.1) is 34.5 Å². The highest BCUT2D eigenvalue weighted by Crippen LogP contribution is 2.62. The highest BCUT2D eigenvalue weighted by Gasteiger charge is 2.71. The quantitative estimate of drug-likeness (QED) is 0.151. The summed E-state index contributed by atoms with van der Waals surface area (Å²) in [7, 11) is 0. The second-order valence-electron chi connectivity index (χ2n) is 15.4. The number of unbranched alkanes of at least 4 members (excludes halogenated alkanes) is 6. The minimum Gasteiger partial charge on any atom is -0.378 e. The molecule has 0 saturated heterocycles. The third kappa shape index (κ3) is 7.21. The Hall–Kier alpha value is -0.740. The molecule has 0 aliphatic heterocycles. The minimum atomic E-state index is -0.589. The van der Waals surface area contributed by atoms with Crippen molar-refractivity contribution in [2.24, 2.45) is 34.5 Å². The monoisotopic (exact) mass is 584 g/mol. The molecule has 0 atom stereocenters. The van der Waals surface area contributed by atoms with Gasteiger partial charge in [0.15, 0.2) is 11.6 Å². The third-order valence-corrected chi connectivity index (χ3v) is 13.0. The topological polar surface area (TPSA) is 52.6 Å². The van der Waals surface area contributed by atoms with Crippen LogP contribution in [0.2, 0.25) is 0 Å². The lowest BCUT2D eigenvalue weighted by Gasteiger charge is -2.58. The maximum absolute atomic E-state index is 13.9. The van der Waals surface area contributed by atoms with E-state index in [2.05, 4.69) is 13.8 Å². The first-order valence-corrected chi connectivity index (χ1v) is 18.9. The van der Waals surface area contributed by atoms with Crippen LogP contribution in [0.1, 0.15) is 168 Å². The van der Waals surface area contributed by atoms with Gasteiger partial charge in [0.1, 0.15) is 0 Å². The molecule has 0 bridgehead atoms.